The van der Waals surface area contributed by atoms with Gasteiger partial charge < -0.3 is 5.73 Å². The molecule has 17 heavy (non-hydrogen) atoms. The van der Waals surface area contributed by atoms with Gasteiger partial charge in [-0.3, -0.25) is 4.79 Å². The number of ketones is 1. The molecular formula is C8H13BrN4O3S. The first-order valence-corrected chi connectivity index (χ1v) is 7.60. The van der Waals surface area contributed by atoms with Crippen molar-refractivity contribution in [1.82, 2.24) is 15.0 Å². The number of rotatable bonds is 5. The van der Waals surface area contributed by atoms with E-state index in [0.29, 0.717) is 4.60 Å². The van der Waals surface area contributed by atoms with Crippen LogP contribution >= 0.6 is 15.9 Å². The highest BCUT2D eigenvalue weighted by atomic mass is 79.9. The van der Waals surface area contributed by atoms with Crippen LogP contribution in [0.5, 0.6) is 0 Å². The summed E-state index contributed by atoms with van der Waals surface area (Å²) < 4.78 is 23.5. The monoisotopic (exact) mass is 324 g/mol. The summed E-state index contributed by atoms with van der Waals surface area (Å²) in [4.78, 5) is 11.9. The van der Waals surface area contributed by atoms with Gasteiger partial charge in [-0.1, -0.05) is 5.21 Å². The number of carbonyl (C=O) groups excluding carboxylic acids is 1. The first-order valence-electron chi connectivity index (χ1n) is 4.75. The molecule has 1 unspecified atom stereocenters. The third-order valence-corrected chi connectivity index (χ3v) is 3.67. The Kier molecular flexibility index (Phi) is 4.39. The molecule has 1 heterocycles. The van der Waals surface area contributed by atoms with Crippen molar-refractivity contribution < 1.29 is 13.2 Å². The molecular weight excluding hydrogens is 312 g/mol. The highest BCUT2D eigenvalue weighted by Crippen LogP contribution is 2.14. The Bertz CT molecular complexity index is 505. The standard InChI is InChI=1S/C8H13BrN4O3S/c1-13-6(8(9)11-12-13)7(14)5(10)3-4-17(2,15)16/h5H,3-4,10H2,1-2H3. The van der Waals surface area contributed by atoms with Crippen molar-refractivity contribution in [3.05, 3.63) is 10.3 Å². The lowest BCUT2D eigenvalue weighted by atomic mass is 10.1. The summed E-state index contributed by atoms with van der Waals surface area (Å²) in [6, 6.07) is -0.877. The molecule has 96 valence electrons. The van der Waals surface area contributed by atoms with Crippen LogP contribution in [0, 0.1) is 0 Å². The second-order valence-corrected chi connectivity index (χ2v) is 6.75. The molecule has 0 aromatic carbocycles. The Hall–Kier alpha value is -0.800. The summed E-state index contributed by atoms with van der Waals surface area (Å²) in [5.74, 6) is -0.504. The lowest BCUT2D eigenvalue weighted by Crippen LogP contribution is -2.34. The van der Waals surface area contributed by atoms with Gasteiger partial charge in [0.1, 0.15) is 15.5 Å². The molecule has 0 aliphatic rings. The largest absolute Gasteiger partial charge is 0.321 e. The zero-order valence-electron chi connectivity index (χ0n) is 9.42. The zero-order chi connectivity index (χ0) is 13.2. The number of nitrogens with two attached hydrogens (primary N) is 1. The van der Waals surface area contributed by atoms with Crippen molar-refractivity contribution in [2.45, 2.75) is 12.5 Å². The number of aromatic nitrogens is 3. The number of Topliss-reactive ketones (excluding diaryl/α,β-unsaturated/α-hetero) is 1. The second kappa shape index (κ2) is 5.23. The average Bonchev–Trinajstić information content (AvgIpc) is 2.53. The van der Waals surface area contributed by atoms with Crippen LogP contribution in [0.1, 0.15) is 16.9 Å². The van der Waals surface area contributed by atoms with E-state index < -0.39 is 15.9 Å². The van der Waals surface area contributed by atoms with Crippen molar-refractivity contribution in [2.24, 2.45) is 12.8 Å². The van der Waals surface area contributed by atoms with E-state index in [1.807, 2.05) is 0 Å². The van der Waals surface area contributed by atoms with E-state index in [9.17, 15) is 13.2 Å². The van der Waals surface area contributed by atoms with Gasteiger partial charge in [0.2, 0.25) is 0 Å². The predicted octanol–water partition coefficient (Wildman–Crippen LogP) is -0.478. The highest BCUT2D eigenvalue weighted by molar-refractivity contribution is 9.10. The summed E-state index contributed by atoms with van der Waals surface area (Å²) in [5, 5.41) is 7.32. The van der Waals surface area contributed by atoms with Crippen molar-refractivity contribution in [1.29, 1.82) is 0 Å². The van der Waals surface area contributed by atoms with E-state index >= 15 is 0 Å². The van der Waals surface area contributed by atoms with E-state index in [1.54, 1.807) is 7.05 Å². The number of sulfone groups is 1. The summed E-state index contributed by atoms with van der Waals surface area (Å²) in [5.41, 5.74) is 5.89. The maximum Gasteiger partial charge on any atom is 0.200 e. The molecule has 0 amide bonds. The lowest BCUT2D eigenvalue weighted by Gasteiger charge is -2.09. The Morgan fingerprint density at radius 2 is 2.18 bits per heavy atom. The number of aryl methyl sites for hydroxylation is 1. The molecule has 0 spiro atoms. The minimum Gasteiger partial charge on any atom is -0.321 e. The Balaban J connectivity index is 2.78. The summed E-state index contributed by atoms with van der Waals surface area (Å²) in [6.45, 7) is 0. The molecule has 0 aliphatic carbocycles. The smallest absolute Gasteiger partial charge is 0.200 e. The Morgan fingerprint density at radius 1 is 1.59 bits per heavy atom. The Morgan fingerprint density at radius 3 is 2.59 bits per heavy atom. The van der Waals surface area contributed by atoms with Crippen LogP contribution in [0.25, 0.3) is 0 Å². The van der Waals surface area contributed by atoms with Gasteiger partial charge in [-0.2, -0.15) is 0 Å². The number of hydrogen-bond acceptors (Lipinski definition) is 6. The molecule has 0 bridgehead atoms. The third-order valence-electron chi connectivity index (χ3n) is 2.16. The SMILES string of the molecule is Cn1nnc(Br)c1C(=O)C(N)CCS(C)(=O)=O. The summed E-state index contributed by atoms with van der Waals surface area (Å²) in [7, 11) is -1.56. The topological polar surface area (TPSA) is 108 Å². The van der Waals surface area contributed by atoms with Gasteiger partial charge >= 0.3 is 0 Å². The quantitative estimate of drug-likeness (QED) is 0.733. The van der Waals surface area contributed by atoms with Crippen LogP contribution in [0.15, 0.2) is 4.60 Å². The van der Waals surface area contributed by atoms with Crippen LogP contribution in [0.3, 0.4) is 0 Å². The molecule has 2 N–H and O–H groups in total. The van der Waals surface area contributed by atoms with E-state index in [4.69, 9.17) is 5.73 Å². The molecule has 0 saturated carbocycles. The molecule has 7 nitrogen and oxygen atoms in total. The average molecular weight is 325 g/mol. The van der Waals surface area contributed by atoms with Gasteiger partial charge in [0.05, 0.1) is 11.8 Å². The van der Waals surface area contributed by atoms with Crippen molar-refractivity contribution in [3.63, 3.8) is 0 Å². The Labute approximate surface area is 107 Å². The van der Waals surface area contributed by atoms with Crippen LogP contribution in [-0.2, 0) is 16.9 Å². The number of halogens is 1. The van der Waals surface area contributed by atoms with Crippen LogP contribution in [-0.4, -0.2) is 47.2 Å². The number of carbonyl (C=O) groups is 1. The molecule has 0 radical (unpaired) electrons. The van der Waals surface area contributed by atoms with E-state index in [2.05, 4.69) is 26.2 Å². The van der Waals surface area contributed by atoms with Gasteiger partial charge in [-0.15, -0.1) is 5.10 Å². The van der Waals surface area contributed by atoms with E-state index in [-0.39, 0.29) is 23.7 Å². The molecule has 0 fully saturated rings. The van der Waals surface area contributed by atoms with Gasteiger partial charge in [-0.25, -0.2) is 13.1 Å². The van der Waals surface area contributed by atoms with Gasteiger partial charge in [-0.05, 0) is 22.4 Å². The number of hydrogen-bond donors (Lipinski definition) is 1. The molecule has 0 aliphatic heterocycles. The summed E-state index contributed by atoms with van der Waals surface area (Å²) >= 11 is 3.09. The van der Waals surface area contributed by atoms with Gasteiger partial charge in [0, 0.05) is 13.3 Å². The van der Waals surface area contributed by atoms with Gasteiger partial charge in [0.25, 0.3) is 0 Å². The first-order chi connectivity index (χ1) is 7.72. The number of nitrogens with zero attached hydrogens (tertiary/aromatic N) is 3. The van der Waals surface area contributed by atoms with Crippen LogP contribution < -0.4 is 5.73 Å². The zero-order valence-corrected chi connectivity index (χ0v) is 11.8. The fourth-order valence-corrected chi connectivity index (χ4v) is 2.45. The van der Waals surface area contributed by atoms with E-state index in [1.165, 1.54) is 4.68 Å². The second-order valence-electron chi connectivity index (χ2n) is 3.74. The molecule has 0 saturated heterocycles. The molecule has 1 atom stereocenters. The fraction of sp³-hybridized carbons (Fsp3) is 0.625. The van der Waals surface area contributed by atoms with Crippen LogP contribution in [0.2, 0.25) is 0 Å². The first kappa shape index (κ1) is 14.3. The molecule has 1 rings (SSSR count). The normalized spacial score (nSPS) is 13.6. The third kappa shape index (κ3) is 3.86. The van der Waals surface area contributed by atoms with Crippen molar-refractivity contribution in [3.8, 4) is 0 Å². The van der Waals surface area contributed by atoms with Crippen LogP contribution in [0.4, 0.5) is 0 Å². The fourth-order valence-electron chi connectivity index (χ4n) is 1.24. The predicted molar refractivity (Wildman–Crippen MR) is 65.3 cm³/mol. The maximum absolute atomic E-state index is 11.9. The maximum atomic E-state index is 11.9. The molecule has 9 heteroatoms. The minimum atomic E-state index is -3.12. The van der Waals surface area contributed by atoms with Crippen molar-refractivity contribution in [2.75, 3.05) is 12.0 Å². The minimum absolute atomic E-state index is 0.0787. The van der Waals surface area contributed by atoms with Crippen molar-refractivity contribution >= 4 is 31.6 Å². The highest BCUT2D eigenvalue weighted by Gasteiger charge is 2.23. The molecule has 1 aromatic heterocycles. The summed E-state index contributed by atoms with van der Waals surface area (Å²) in [6.07, 6.45) is 1.18. The molecule has 1 aromatic rings. The van der Waals surface area contributed by atoms with Gasteiger partial charge in [0.15, 0.2) is 10.4 Å². The van der Waals surface area contributed by atoms with E-state index in [0.717, 1.165) is 6.26 Å². The lowest BCUT2D eigenvalue weighted by molar-refractivity contribution is 0.0949.